The Kier molecular flexibility index (Phi) is 6.46. The van der Waals surface area contributed by atoms with Gasteiger partial charge in [0.2, 0.25) is 5.91 Å². The number of hydrogen-bond acceptors (Lipinski definition) is 6. The van der Waals surface area contributed by atoms with Crippen molar-refractivity contribution in [2.45, 2.75) is 19.9 Å². The van der Waals surface area contributed by atoms with E-state index in [1.807, 2.05) is 6.92 Å². The first kappa shape index (κ1) is 20.3. The summed E-state index contributed by atoms with van der Waals surface area (Å²) in [5, 5.41) is 17.2. The van der Waals surface area contributed by atoms with Crippen LogP contribution in [0.1, 0.15) is 12.5 Å². The number of anilines is 2. The first-order valence-electron chi connectivity index (χ1n) is 8.00. The predicted octanol–water partition coefficient (Wildman–Crippen LogP) is 4.01. The van der Waals surface area contributed by atoms with Crippen LogP contribution >= 0.6 is 11.6 Å². The summed E-state index contributed by atoms with van der Waals surface area (Å²) in [4.78, 5) is 23.0. The van der Waals surface area contributed by atoms with E-state index in [0.29, 0.717) is 22.2 Å². The number of nitro benzene ring substituents is 1. The normalized spacial score (nSPS) is 11.4. The molecule has 144 valence electrons. The number of methoxy groups -OCH3 is 2. The quantitative estimate of drug-likeness (QED) is 0.544. The topological polar surface area (TPSA) is 103 Å². The third-order valence-electron chi connectivity index (χ3n) is 3.90. The van der Waals surface area contributed by atoms with Gasteiger partial charge in [0.05, 0.1) is 30.5 Å². The van der Waals surface area contributed by atoms with Crippen LogP contribution in [-0.4, -0.2) is 31.1 Å². The maximum Gasteiger partial charge on any atom is 0.271 e. The molecule has 0 aromatic heterocycles. The van der Waals surface area contributed by atoms with Crippen LogP contribution in [0, 0.1) is 17.0 Å². The summed E-state index contributed by atoms with van der Waals surface area (Å²) in [7, 11) is 2.92. The Morgan fingerprint density at radius 2 is 1.81 bits per heavy atom. The lowest BCUT2D eigenvalue weighted by molar-refractivity contribution is -0.384. The molecule has 1 atom stereocenters. The zero-order valence-electron chi connectivity index (χ0n) is 15.3. The first-order valence-corrected chi connectivity index (χ1v) is 8.38. The summed E-state index contributed by atoms with van der Waals surface area (Å²) in [6, 6.07) is 6.75. The summed E-state index contributed by atoms with van der Waals surface area (Å²) in [6.07, 6.45) is 0. The van der Waals surface area contributed by atoms with Crippen LogP contribution < -0.4 is 20.1 Å². The van der Waals surface area contributed by atoms with Gasteiger partial charge in [0.25, 0.3) is 5.69 Å². The Labute approximate surface area is 161 Å². The van der Waals surface area contributed by atoms with E-state index in [-0.39, 0.29) is 11.4 Å². The van der Waals surface area contributed by atoms with Crippen molar-refractivity contribution in [1.29, 1.82) is 0 Å². The second-order valence-corrected chi connectivity index (χ2v) is 6.21. The molecule has 2 N–H and O–H groups in total. The van der Waals surface area contributed by atoms with Crippen LogP contribution in [0.3, 0.4) is 0 Å². The van der Waals surface area contributed by atoms with Crippen LogP contribution in [-0.2, 0) is 4.79 Å². The number of amides is 1. The highest BCUT2D eigenvalue weighted by Crippen LogP contribution is 2.32. The molecule has 0 bridgehead atoms. The van der Waals surface area contributed by atoms with Gasteiger partial charge in [-0.1, -0.05) is 11.6 Å². The summed E-state index contributed by atoms with van der Waals surface area (Å²) >= 11 is 6.09. The van der Waals surface area contributed by atoms with Crippen molar-refractivity contribution in [2.75, 3.05) is 24.9 Å². The number of benzene rings is 2. The smallest absolute Gasteiger partial charge is 0.271 e. The van der Waals surface area contributed by atoms with Gasteiger partial charge in [-0.3, -0.25) is 14.9 Å². The van der Waals surface area contributed by atoms with E-state index in [4.69, 9.17) is 21.1 Å². The lowest BCUT2D eigenvalue weighted by atomic mass is 10.1. The van der Waals surface area contributed by atoms with Gasteiger partial charge in [-0.25, -0.2) is 0 Å². The minimum absolute atomic E-state index is 0.151. The number of nitrogens with one attached hydrogen (secondary N) is 2. The van der Waals surface area contributed by atoms with Gasteiger partial charge in [0.15, 0.2) is 0 Å². The van der Waals surface area contributed by atoms with E-state index in [1.165, 1.54) is 32.4 Å². The van der Waals surface area contributed by atoms with Crippen molar-refractivity contribution in [3.8, 4) is 11.5 Å². The van der Waals surface area contributed by atoms with Crippen LogP contribution in [0.4, 0.5) is 17.1 Å². The van der Waals surface area contributed by atoms with Gasteiger partial charge in [-0.15, -0.1) is 0 Å². The fraction of sp³-hybridized carbons (Fsp3) is 0.278. The van der Waals surface area contributed by atoms with Gasteiger partial charge >= 0.3 is 0 Å². The average molecular weight is 394 g/mol. The summed E-state index contributed by atoms with van der Waals surface area (Å²) in [6.45, 7) is 3.49. The lowest BCUT2D eigenvalue weighted by Crippen LogP contribution is -2.32. The third-order valence-corrected chi connectivity index (χ3v) is 4.30. The average Bonchev–Trinajstić information content (AvgIpc) is 2.64. The molecular weight excluding hydrogens is 374 g/mol. The fourth-order valence-electron chi connectivity index (χ4n) is 2.39. The maximum atomic E-state index is 12.6. The number of carbonyl (C=O) groups is 1. The molecule has 0 fully saturated rings. The van der Waals surface area contributed by atoms with Gasteiger partial charge in [0.1, 0.15) is 17.5 Å². The molecule has 1 amide bonds. The molecule has 9 heteroatoms. The van der Waals surface area contributed by atoms with Gasteiger partial charge in [0, 0.05) is 23.2 Å². The Morgan fingerprint density at radius 3 is 2.41 bits per heavy atom. The number of ether oxygens (including phenoxy) is 2. The van der Waals surface area contributed by atoms with E-state index in [0.717, 1.165) is 5.56 Å². The minimum Gasteiger partial charge on any atom is -0.495 e. The van der Waals surface area contributed by atoms with E-state index < -0.39 is 16.9 Å². The number of nitro groups is 1. The molecule has 0 radical (unpaired) electrons. The highest BCUT2D eigenvalue weighted by Gasteiger charge is 2.19. The number of hydrogen-bond donors (Lipinski definition) is 2. The Morgan fingerprint density at radius 1 is 1.15 bits per heavy atom. The second-order valence-electron chi connectivity index (χ2n) is 5.80. The fourth-order valence-corrected chi connectivity index (χ4v) is 2.55. The highest BCUT2D eigenvalue weighted by atomic mass is 35.5. The van der Waals surface area contributed by atoms with E-state index in [1.54, 1.807) is 19.1 Å². The molecule has 2 rings (SSSR count). The third kappa shape index (κ3) is 4.79. The van der Waals surface area contributed by atoms with Crippen molar-refractivity contribution >= 4 is 34.6 Å². The lowest BCUT2D eigenvalue weighted by Gasteiger charge is -2.19. The second kappa shape index (κ2) is 8.59. The zero-order chi connectivity index (χ0) is 20.1. The number of non-ortho nitro benzene ring substituents is 1. The van der Waals surface area contributed by atoms with Crippen molar-refractivity contribution in [3.63, 3.8) is 0 Å². The molecule has 27 heavy (non-hydrogen) atoms. The first-order chi connectivity index (χ1) is 12.8. The maximum absolute atomic E-state index is 12.6. The van der Waals surface area contributed by atoms with Crippen LogP contribution in [0.15, 0.2) is 30.3 Å². The van der Waals surface area contributed by atoms with Gasteiger partial charge in [-0.2, -0.15) is 0 Å². The Bertz CT molecular complexity index is 872. The predicted molar refractivity (Wildman–Crippen MR) is 104 cm³/mol. The Hall–Kier alpha value is -3.00. The molecule has 1 unspecified atom stereocenters. The number of rotatable bonds is 7. The number of carbonyl (C=O) groups excluding carboxylic acids is 1. The number of nitrogens with zero attached hydrogens (tertiary/aromatic N) is 1. The molecule has 0 heterocycles. The monoisotopic (exact) mass is 393 g/mol. The Balaban J connectivity index is 2.21. The summed E-state index contributed by atoms with van der Waals surface area (Å²) in [5.74, 6) is 0.419. The molecule has 2 aromatic rings. The van der Waals surface area contributed by atoms with Crippen LogP contribution in [0.2, 0.25) is 5.02 Å². The summed E-state index contributed by atoms with van der Waals surface area (Å²) in [5.41, 5.74) is 1.49. The molecule has 0 aliphatic heterocycles. The van der Waals surface area contributed by atoms with E-state index in [2.05, 4.69) is 10.6 Å². The van der Waals surface area contributed by atoms with Crippen molar-refractivity contribution in [2.24, 2.45) is 0 Å². The highest BCUT2D eigenvalue weighted by molar-refractivity contribution is 6.31. The number of halogens is 1. The molecular formula is C18H20ClN3O5. The van der Waals surface area contributed by atoms with Crippen LogP contribution in [0.5, 0.6) is 11.5 Å². The molecule has 0 aliphatic carbocycles. The summed E-state index contributed by atoms with van der Waals surface area (Å²) < 4.78 is 10.4. The van der Waals surface area contributed by atoms with Crippen molar-refractivity contribution < 1.29 is 19.2 Å². The molecule has 8 nitrogen and oxygen atoms in total. The van der Waals surface area contributed by atoms with Crippen LogP contribution in [0.25, 0.3) is 0 Å². The molecule has 0 spiro atoms. The van der Waals surface area contributed by atoms with Gasteiger partial charge < -0.3 is 20.1 Å². The van der Waals surface area contributed by atoms with E-state index in [9.17, 15) is 14.9 Å². The van der Waals surface area contributed by atoms with Gasteiger partial charge in [-0.05, 0) is 31.5 Å². The largest absolute Gasteiger partial charge is 0.495 e. The molecule has 0 saturated carbocycles. The standard InChI is InChI=1S/C18H20ClN3O5/c1-10-7-14(17(27-4)9-13(10)19)20-11(2)18(23)21-15-8-12(22(24)25)5-6-16(15)26-3/h5-9,11,20H,1-4H3,(H,21,23). The molecule has 0 saturated heterocycles. The molecule has 0 aliphatic rings. The molecule has 2 aromatic carbocycles. The number of aryl methyl sites for hydroxylation is 1. The van der Waals surface area contributed by atoms with Crippen molar-refractivity contribution in [1.82, 2.24) is 0 Å². The van der Waals surface area contributed by atoms with Crippen molar-refractivity contribution in [3.05, 3.63) is 51.0 Å². The van der Waals surface area contributed by atoms with E-state index >= 15 is 0 Å². The SMILES string of the molecule is COc1ccc([N+](=O)[O-])cc1NC(=O)C(C)Nc1cc(C)c(Cl)cc1OC. The minimum atomic E-state index is -0.663. The zero-order valence-corrected chi connectivity index (χ0v) is 16.1.